The van der Waals surface area contributed by atoms with E-state index in [4.69, 9.17) is 10.8 Å². The van der Waals surface area contributed by atoms with E-state index < -0.39 is 54.6 Å². The Bertz CT molecular complexity index is 943. The van der Waals surface area contributed by atoms with E-state index in [1.807, 2.05) is 0 Å². The molecule has 12 heteroatoms. The van der Waals surface area contributed by atoms with E-state index in [0.717, 1.165) is 0 Å². The van der Waals surface area contributed by atoms with Gasteiger partial charge in [-0.2, -0.15) is 0 Å². The molecule has 1 rings (SSSR count). The SMILES string of the molecule is NC(=O)C(CCC(=O)O)NC(=O)CNC(=O)C(CCC=O)NC(=O)c1ccc(/C=C/C=O)cc1. The lowest BCUT2D eigenvalue weighted by molar-refractivity contribution is -0.137. The summed E-state index contributed by atoms with van der Waals surface area (Å²) >= 11 is 0. The van der Waals surface area contributed by atoms with Gasteiger partial charge < -0.3 is 31.6 Å². The summed E-state index contributed by atoms with van der Waals surface area (Å²) in [6, 6.07) is 3.82. The zero-order valence-corrected chi connectivity index (χ0v) is 18.2. The molecule has 0 radical (unpaired) electrons. The smallest absolute Gasteiger partial charge is 0.303 e. The first kappa shape index (κ1) is 27.7. The van der Waals surface area contributed by atoms with E-state index in [1.165, 1.54) is 18.2 Å². The number of carboxylic acid groups (broad SMARTS) is 1. The Morgan fingerprint density at radius 1 is 0.971 bits per heavy atom. The van der Waals surface area contributed by atoms with E-state index in [9.17, 15) is 33.6 Å². The zero-order valence-electron chi connectivity index (χ0n) is 18.2. The van der Waals surface area contributed by atoms with Gasteiger partial charge in [-0.05, 0) is 36.6 Å². The Balaban J connectivity index is 2.72. The van der Waals surface area contributed by atoms with Crippen LogP contribution >= 0.6 is 0 Å². The van der Waals surface area contributed by atoms with Crippen LogP contribution in [0.2, 0.25) is 0 Å². The maximum atomic E-state index is 12.5. The number of nitrogens with two attached hydrogens (primary N) is 1. The van der Waals surface area contributed by atoms with Crippen molar-refractivity contribution < 1.29 is 38.7 Å². The van der Waals surface area contributed by atoms with Crippen LogP contribution in [0.5, 0.6) is 0 Å². The topological polar surface area (TPSA) is 202 Å². The van der Waals surface area contributed by atoms with Crippen molar-refractivity contribution >= 4 is 48.2 Å². The number of amides is 4. The lowest BCUT2D eigenvalue weighted by Gasteiger charge is -2.19. The van der Waals surface area contributed by atoms with E-state index in [1.54, 1.807) is 18.2 Å². The minimum Gasteiger partial charge on any atom is -0.481 e. The van der Waals surface area contributed by atoms with Crippen LogP contribution in [-0.2, 0) is 28.8 Å². The molecule has 1 aromatic carbocycles. The molecular formula is C22H26N4O8. The van der Waals surface area contributed by atoms with Crippen LogP contribution in [0.3, 0.4) is 0 Å². The maximum absolute atomic E-state index is 12.5. The van der Waals surface area contributed by atoms with Crippen LogP contribution in [0.15, 0.2) is 30.3 Å². The molecule has 0 saturated carbocycles. The highest BCUT2D eigenvalue weighted by atomic mass is 16.4. The van der Waals surface area contributed by atoms with Gasteiger partial charge >= 0.3 is 5.97 Å². The van der Waals surface area contributed by atoms with Gasteiger partial charge in [0.1, 0.15) is 24.7 Å². The van der Waals surface area contributed by atoms with Crippen LogP contribution in [-0.4, -0.2) is 65.9 Å². The number of nitrogens with one attached hydrogen (secondary N) is 3. The molecule has 2 atom stereocenters. The summed E-state index contributed by atoms with van der Waals surface area (Å²) in [6.07, 6.45) is 3.37. The lowest BCUT2D eigenvalue weighted by Crippen LogP contribution is -2.51. The van der Waals surface area contributed by atoms with Crippen LogP contribution in [0.25, 0.3) is 6.08 Å². The summed E-state index contributed by atoms with van der Waals surface area (Å²) in [7, 11) is 0. The molecule has 0 heterocycles. The Kier molecular flexibility index (Phi) is 11.9. The van der Waals surface area contributed by atoms with Crippen molar-refractivity contribution in [3.8, 4) is 0 Å². The third-order valence-corrected chi connectivity index (χ3v) is 4.48. The highest BCUT2D eigenvalue weighted by Crippen LogP contribution is 2.07. The van der Waals surface area contributed by atoms with Crippen LogP contribution in [0, 0.1) is 0 Å². The molecule has 0 aliphatic rings. The molecule has 0 aliphatic heterocycles. The van der Waals surface area contributed by atoms with Crippen molar-refractivity contribution in [2.24, 2.45) is 5.73 Å². The van der Waals surface area contributed by atoms with Crippen molar-refractivity contribution in [2.45, 2.75) is 37.8 Å². The van der Waals surface area contributed by atoms with Gasteiger partial charge in [0.2, 0.25) is 17.7 Å². The number of benzene rings is 1. The van der Waals surface area contributed by atoms with Crippen LogP contribution < -0.4 is 21.7 Å². The summed E-state index contributed by atoms with van der Waals surface area (Å²) in [5, 5.41) is 15.7. The quantitative estimate of drug-likeness (QED) is 0.156. The molecule has 12 nitrogen and oxygen atoms in total. The summed E-state index contributed by atoms with van der Waals surface area (Å²) in [4.78, 5) is 80.2. The number of rotatable bonds is 15. The fourth-order valence-electron chi connectivity index (χ4n) is 2.73. The standard InChI is InChI=1S/C22H26N4O8/c23-20(32)16(9-10-19(30)31)25-18(29)13-24-22(34)17(4-2-12-28)26-21(33)15-7-5-14(6-8-15)3-1-11-27/h1,3,5-8,11-12,16-17H,2,4,9-10,13H2,(H2,23,32)(H,24,34)(H,25,29)(H,26,33)(H,30,31)/b3-1+. The van der Waals surface area contributed by atoms with Gasteiger partial charge in [0, 0.05) is 18.4 Å². The van der Waals surface area contributed by atoms with Gasteiger partial charge in [-0.15, -0.1) is 0 Å². The van der Waals surface area contributed by atoms with Crippen molar-refractivity contribution in [2.75, 3.05) is 6.54 Å². The summed E-state index contributed by atoms with van der Waals surface area (Å²) < 4.78 is 0. The van der Waals surface area contributed by atoms with Gasteiger partial charge in [0.15, 0.2) is 0 Å². The largest absolute Gasteiger partial charge is 0.481 e. The number of primary amides is 1. The second-order valence-corrected chi connectivity index (χ2v) is 7.06. The fourth-order valence-corrected chi connectivity index (χ4v) is 2.73. The first-order valence-electron chi connectivity index (χ1n) is 10.2. The first-order chi connectivity index (χ1) is 16.2. The first-order valence-corrected chi connectivity index (χ1v) is 10.2. The molecule has 2 unspecified atom stereocenters. The Labute approximate surface area is 194 Å². The molecule has 34 heavy (non-hydrogen) atoms. The number of carbonyl (C=O) groups is 7. The highest BCUT2D eigenvalue weighted by Gasteiger charge is 2.23. The second-order valence-electron chi connectivity index (χ2n) is 7.06. The number of carboxylic acids is 1. The molecule has 0 aromatic heterocycles. The van der Waals surface area contributed by atoms with E-state index in [0.29, 0.717) is 18.1 Å². The number of aldehydes is 2. The zero-order chi connectivity index (χ0) is 25.5. The predicted octanol–water partition coefficient (Wildman–Crippen LogP) is -1.07. The molecule has 4 amide bonds. The number of allylic oxidation sites excluding steroid dienone is 1. The van der Waals surface area contributed by atoms with Gasteiger partial charge in [-0.25, -0.2) is 0 Å². The molecule has 0 saturated heterocycles. The fraction of sp³-hybridized carbons (Fsp3) is 0.318. The van der Waals surface area contributed by atoms with Crippen molar-refractivity contribution in [1.29, 1.82) is 0 Å². The normalized spacial score (nSPS) is 12.2. The molecule has 0 bridgehead atoms. The molecule has 6 N–H and O–H groups in total. The minimum absolute atomic E-state index is 0.0224. The highest BCUT2D eigenvalue weighted by molar-refractivity contribution is 5.98. The predicted molar refractivity (Wildman–Crippen MR) is 119 cm³/mol. The number of carbonyl (C=O) groups excluding carboxylic acids is 6. The Morgan fingerprint density at radius 2 is 1.65 bits per heavy atom. The Morgan fingerprint density at radius 3 is 2.21 bits per heavy atom. The van der Waals surface area contributed by atoms with E-state index in [2.05, 4.69) is 16.0 Å². The third kappa shape index (κ3) is 10.3. The summed E-state index contributed by atoms with van der Waals surface area (Å²) in [5.41, 5.74) is 6.05. The maximum Gasteiger partial charge on any atom is 0.303 e. The van der Waals surface area contributed by atoms with Gasteiger partial charge in [0.25, 0.3) is 5.91 Å². The number of hydrogen-bond donors (Lipinski definition) is 5. The molecule has 1 aromatic rings. The molecule has 0 spiro atoms. The second kappa shape index (κ2) is 14.7. The summed E-state index contributed by atoms with van der Waals surface area (Å²) in [6.45, 7) is -0.569. The van der Waals surface area contributed by atoms with Gasteiger partial charge in [-0.3, -0.25) is 28.8 Å². The summed E-state index contributed by atoms with van der Waals surface area (Å²) in [5.74, 6) is -4.22. The van der Waals surface area contributed by atoms with Crippen LogP contribution in [0.1, 0.15) is 41.6 Å². The van der Waals surface area contributed by atoms with Crippen molar-refractivity contribution in [1.82, 2.24) is 16.0 Å². The van der Waals surface area contributed by atoms with Crippen LogP contribution in [0.4, 0.5) is 0 Å². The lowest BCUT2D eigenvalue weighted by atomic mass is 10.1. The van der Waals surface area contributed by atoms with E-state index >= 15 is 0 Å². The van der Waals surface area contributed by atoms with Gasteiger partial charge in [0.05, 0.1) is 6.54 Å². The molecule has 0 aliphatic carbocycles. The van der Waals surface area contributed by atoms with Crippen molar-refractivity contribution in [3.63, 3.8) is 0 Å². The number of aliphatic carboxylic acids is 1. The average Bonchev–Trinajstić information content (AvgIpc) is 2.81. The Hall–Kier alpha value is -4.35. The minimum atomic E-state index is -1.23. The number of hydrogen-bond acceptors (Lipinski definition) is 7. The molecule has 182 valence electrons. The third-order valence-electron chi connectivity index (χ3n) is 4.48. The van der Waals surface area contributed by atoms with Gasteiger partial charge in [-0.1, -0.05) is 18.2 Å². The molecular weight excluding hydrogens is 448 g/mol. The van der Waals surface area contributed by atoms with E-state index in [-0.39, 0.29) is 24.8 Å². The molecule has 0 fully saturated rings. The monoisotopic (exact) mass is 474 g/mol. The van der Waals surface area contributed by atoms with Crippen molar-refractivity contribution in [3.05, 3.63) is 41.5 Å². The average molecular weight is 474 g/mol.